The van der Waals surface area contributed by atoms with Gasteiger partial charge in [-0.05, 0) is 32.4 Å². The number of anilines is 1. The summed E-state index contributed by atoms with van der Waals surface area (Å²) in [6, 6.07) is 1.97. The summed E-state index contributed by atoms with van der Waals surface area (Å²) in [6.45, 7) is 5.50. The number of Topliss-reactive ketones (excluding diaryl/α,β-unsaturated/α-hetero) is 1. The Hall–Kier alpha value is -2.51. The second kappa shape index (κ2) is 16.2. The molecule has 1 aromatic rings. The van der Waals surface area contributed by atoms with Gasteiger partial charge in [-0.3, -0.25) is 14.4 Å². The van der Waals surface area contributed by atoms with Gasteiger partial charge in [-0.25, -0.2) is 8.78 Å². The molecule has 0 aliphatic carbocycles. The predicted octanol–water partition coefficient (Wildman–Crippen LogP) is 5.83. The van der Waals surface area contributed by atoms with Gasteiger partial charge in [0.05, 0.1) is 18.8 Å². The average molecular weight is 470 g/mol. The minimum Gasteiger partial charge on any atom is -0.465 e. The number of unbranched alkanes of at least 4 members (excludes halogenated alkanes) is 8. The average Bonchev–Trinajstić information content (AvgIpc) is 2.75. The van der Waals surface area contributed by atoms with Crippen molar-refractivity contribution in [1.29, 1.82) is 0 Å². The Morgan fingerprint density at radius 2 is 1.24 bits per heavy atom. The van der Waals surface area contributed by atoms with Gasteiger partial charge in [0.1, 0.15) is 11.6 Å². The maximum absolute atomic E-state index is 14.6. The van der Waals surface area contributed by atoms with Crippen molar-refractivity contribution in [3.05, 3.63) is 29.3 Å². The quantitative estimate of drug-likeness (QED) is 0.134. The van der Waals surface area contributed by atoms with E-state index < -0.39 is 40.8 Å². The van der Waals surface area contributed by atoms with E-state index in [1.165, 1.54) is 52.4 Å². The van der Waals surface area contributed by atoms with Gasteiger partial charge in [0.15, 0.2) is 5.78 Å². The largest absolute Gasteiger partial charge is 0.465 e. The first-order valence-corrected chi connectivity index (χ1v) is 12.0. The van der Waals surface area contributed by atoms with Crippen LogP contribution in [0.5, 0.6) is 0 Å². The van der Waals surface area contributed by atoms with E-state index in [0.29, 0.717) is 6.54 Å². The lowest BCUT2D eigenvalue weighted by molar-refractivity contribution is -0.158. The van der Waals surface area contributed by atoms with E-state index in [9.17, 15) is 23.2 Å². The third-order valence-electron chi connectivity index (χ3n) is 5.20. The molecule has 0 fully saturated rings. The fraction of sp³-hybridized carbons (Fsp3) is 0.640. The SMILES string of the molecule is CCCCCCCCCCCNc1cc(F)c(C(=O)C(C(=O)OCC)C(=O)OCC)c(F)c1. The molecule has 0 saturated heterocycles. The van der Waals surface area contributed by atoms with E-state index in [1.807, 2.05) is 0 Å². The summed E-state index contributed by atoms with van der Waals surface area (Å²) in [5.74, 6) is -8.12. The summed E-state index contributed by atoms with van der Waals surface area (Å²) >= 11 is 0. The van der Waals surface area contributed by atoms with Gasteiger partial charge in [-0.1, -0.05) is 58.3 Å². The van der Waals surface area contributed by atoms with Crippen LogP contribution in [0.1, 0.15) is 88.9 Å². The monoisotopic (exact) mass is 469 g/mol. The number of ether oxygens (including phenoxy) is 2. The number of hydrogen-bond acceptors (Lipinski definition) is 6. The summed E-state index contributed by atoms with van der Waals surface area (Å²) < 4.78 is 38.7. The number of ketones is 1. The van der Waals surface area contributed by atoms with E-state index in [-0.39, 0.29) is 18.9 Å². The molecular weight excluding hydrogens is 432 g/mol. The molecule has 186 valence electrons. The molecule has 0 amide bonds. The fourth-order valence-corrected chi connectivity index (χ4v) is 3.48. The van der Waals surface area contributed by atoms with Crippen molar-refractivity contribution in [3.8, 4) is 0 Å². The summed E-state index contributed by atoms with van der Waals surface area (Å²) in [4.78, 5) is 36.8. The molecule has 0 radical (unpaired) electrons. The lowest BCUT2D eigenvalue weighted by Crippen LogP contribution is -2.36. The van der Waals surface area contributed by atoms with Crippen LogP contribution in [0, 0.1) is 17.6 Å². The van der Waals surface area contributed by atoms with Crippen molar-refractivity contribution >= 4 is 23.4 Å². The van der Waals surface area contributed by atoms with Crippen molar-refractivity contribution in [2.75, 3.05) is 25.1 Å². The van der Waals surface area contributed by atoms with E-state index in [4.69, 9.17) is 9.47 Å². The number of benzene rings is 1. The van der Waals surface area contributed by atoms with E-state index in [2.05, 4.69) is 12.2 Å². The number of halogens is 2. The van der Waals surface area contributed by atoms with E-state index in [1.54, 1.807) is 0 Å². The van der Waals surface area contributed by atoms with Crippen LogP contribution in [0.3, 0.4) is 0 Å². The molecule has 0 aromatic heterocycles. The van der Waals surface area contributed by atoms with Crippen molar-refractivity contribution in [2.24, 2.45) is 5.92 Å². The van der Waals surface area contributed by atoms with Crippen LogP contribution < -0.4 is 5.32 Å². The molecule has 0 aliphatic heterocycles. The summed E-state index contributed by atoms with van der Waals surface area (Å²) in [5, 5.41) is 2.95. The number of rotatable bonds is 17. The number of nitrogens with one attached hydrogen (secondary N) is 1. The van der Waals surface area contributed by atoms with Gasteiger partial charge < -0.3 is 14.8 Å². The van der Waals surface area contributed by atoms with Crippen LogP contribution in [-0.4, -0.2) is 37.5 Å². The van der Waals surface area contributed by atoms with E-state index in [0.717, 1.165) is 31.4 Å². The molecule has 0 unspecified atom stereocenters. The maximum Gasteiger partial charge on any atom is 0.328 e. The number of carbonyl (C=O) groups is 3. The van der Waals surface area contributed by atoms with Crippen molar-refractivity contribution in [2.45, 2.75) is 78.6 Å². The smallest absolute Gasteiger partial charge is 0.328 e. The van der Waals surface area contributed by atoms with Crippen molar-refractivity contribution in [1.82, 2.24) is 0 Å². The number of carbonyl (C=O) groups excluding carboxylic acids is 3. The summed E-state index contributed by atoms with van der Waals surface area (Å²) in [7, 11) is 0. The molecule has 1 N–H and O–H groups in total. The zero-order chi connectivity index (χ0) is 24.6. The standard InChI is InChI=1S/C25H37F2NO5/c1-4-7-8-9-10-11-12-13-14-15-28-18-16-19(26)21(20(27)17-18)23(29)22(24(30)32-5-2)25(31)33-6-3/h16-17,22,28H,4-15H2,1-3H3. The van der Waals surface area contributed by atoms with Crippen molar-refractivity contribution < 1.29 is 32.6 Å². The van der Waals surface area contributed by atoms with Crippen molar-refractivity contribution in [3.63, 3.8) is 0 Å². The topological polar surface area (TPSA) is 81.7 Å². The Labute approximate surface area is 195 Å². The highest BCUT2D eigenvalue weighted by Crippen LogP contribution is 2.23. The number of hydrogen-bond donors (Lipinski definition) is 1. The first kappa shape index (κ1) is 28.5. The Kier molecular flexibility index (Phi) is 14.0. The minimum absolute atomic E-state index is 0.102. The first-order valence-electron chi connectivity index (χ1n) is 12.0. The minimum atomic E-state index is -2.07. The lowest BCUT2D eigenvalue weighted by Gasteiger charge is -2.15. The Balaban J connectivity index is 2.67. The van der Waals surface area contributed by atoms with Crippen LogP contribution >= 0.6 is 0 Å². The summed E-state index contributed by atoms with van der Waals surface area (Å²) in [5.41, 5.74) is -0.778. The molecule has 0 bridgehead atoms. The highest BCUT2D eigenvalue weighted by Gasteiger charge is 2.40. The van der Waals surface area contributed by atoms with E-state index >= 15 is 0 Å². The highest BCUT2D eigenvalue weighted by molar-refractivity contribution is 6.21. The van der Waals surface area contributed by atoms with Gasteiger partial charge in [0.2, 0.25) is 5.92 Å². The molecule has 0 atom stereocenters. The van der Waals surface area contributed by atoms with Gasteiger partial charge in [-0.15, -0.1) is 0 Å². The lowest BCUT2D eigenvalue weighted by atomic mass is 9.96. The zero-order valence-electron chi connectivity index (χ0n) is 20.0. The van der Waals surface area contributed by atoms with Gasteiger partial charge >= 0.3 is 11.9 Å². The summed E-state index contributed by atoms with van der Waals surface area (Å²) in [6.07, 6.45) is 10.5. The first-order chi connectivity index (χ1) is 15.9. The normalized spacial score (nSPS) is 10.8. The molecule has 6 nitrogen and oxygen atoms in total. The zero-order valence-corrected chi connectivity index (χ0v) is 20.0. The molecule has 0 heterocycles. The molecule has 0 saturated carbocycles. The fourth-order valence-electron chi connectivity index (χ4n) is 3.48. The second-order valence-electron chi connectivity index (χ2n) is 7.87. The van der Waals surface area contributed by atoms with Crippen LogP contribution in [0.15, 0.2) is 12.1 Å². The number of esters is 2. The third-order valence-corrected chi connectivity index (χ3v) is 5.20. The highest BCUT2D eigenvalue weighted by atomic mass is 19.1. The van der Waals surface area contributed by atoms with Gasteiger partial charge in [-0.2, -0.15) is 0 Å². The second-order valence-corrected chi connectivity index (χ2v) is 7.87. The molecule has 8 heteroatoms. The maximum atomic E-state index is 14.6. The predicted molar refractivity (Wildman–Crippen MR) is 123 cm³/mol. The molecule has 1 aromatic carbocycles. The Bertz CT molecular complexity index is 728. The molecule has 1 rings (SSSR count). The third kappa shape index (κ3) is 9.88. The van der Waals surface area contributed by atoms with Gasteiger partial charge in [0, 0.05) is 12.2 Å². The molecule has 0 aliphatic rings. The van der Waals surface area contributed by atoms with Crippen LogP contribution in [-0.2, 0) is 19.1 Å². The van der Waals surface area contributed by atoms with Crippen LogP contribution in [0.25, 0.3) is 0 Å². The Morgan fingerprint density at radius 1 is 0.788 bits per heavy atom. The molecule has 0 spiro atoms. The van der Waals surface area contributed by atoms with Crippen LogP contribution in [0.4, 0.5) is 14.5 Å². The van der Waals surface area contributed by atoms with Crippen LogP contribution in [0.2, 0.25) is 0 Å². The molecule has 33 heavy (non-hydrogen) atoms. The Morgan fingerprint density at radius 3 is 1.70 bits per heavy atom. The molecular formula is C25H37F2NO5. The van der Waals surface area contributed by atoms with Gasteiger partial charge in [0.25, 0.3) is 0 Å².